The van der Waals surface area contributed by atoms with Gasteiger partial charge in [-0.25, -0.2) is 0 Å². The summed E-state index contributed by atoms with van der Waals surface area (Å²) in [6.45, 7) is 6.48. The molecule has 0 fully saturated rings. The maximum atomic E-state index is 12.9. The van der Waals surface area contributed by atoms with Crippen LogP contribution in [-0.2, 0) is 28.6 Å². The lowest BCUT2D eigenvalue weighted by atomic mass is 10.1. The average Bonchev–Trinajstić information content (AvgIpc) is 3.34. The Hall–Kier alpha value is -3.15. The summed E-state index contributed by atoms with van der Waals surface area (Å²) < 4.78 is 16.8. The Morgan fingerprint density at radius 2 is 0.603 bits per heavy atom. The zero-order valence-corrected chi connectivity index (χ0v) is 44.9. The Labute approximate surface area is 421 Å². The number of ether oxygens (including phenoxy) is 3. The quantitative estimate of drug-likeness (QED) is 0.0262. The van der Waals surface area contributed by atoms with Crippen molar-refractivity contribution in [1.82, 2.24) is 0 Å². The maximum Gasteiger partial charge on any atom is 0.306 e. The van der Waals surface area contributed by atoms with Gasteiger partial charge >= 0.3 is 17.9 Å². The van der Waals surface area contributed by atoms with E-state index >= 15 is 0 Å². The Kier molecular flexibility index (Phi) is 53.8. The first-order valence-electron chi connectivity index (χ1n) is 28.9. The minimum absolute atomic E-state index is 0.0980. The third-order valence-electron chi connectivity index (χ3n) is 12.4. The van der Waals surface area contributed by atoms with Crippen molar-refractivity contribution >= 4 is 17.9 Å². The molecule has 0 aliphatic carbocycles. The minimum atomic E-state index is -0.804. The molecule has 6 heteroatoms. The van der Waals surface area contributed by atoms with Gasteiger partial charge in [-0.15, -0.1) is 0 Å². The van der Waals surface area contributed by atoms with Crippen molar-refractivity contribution in [3.63, 3.8) is 0 Å². The fraction of sp³-hybridized carbons (Fsp3) is 0.758. The summed E-state index contributed by atoms with van der Waals surface area (Å²) in [5.74, 6) is -0.974. The normalized spacial score (nSPS) is 12.6. The van der Waals surface area contributed by atoms with Crippen molar-refractivity contribution in [1.29, 1.82) is 0 Å². The lowest BCUT2D eigenvalue weighted by molar-refractivity contribution is -0.166. The zero-order valence-electron chi connectivity index (χ0n) is 44.9. The van der Waals surface area contributed by atoms with Crippen molar-refractivity contribution in [2.45, 2.75) is 290 Å². The molecule has 0 saturated carbocycles. The SMILES string of the molecule is CC/C=C\C/C=C\C/C=C\CCCCCCCCCCCC(=O)OCC(COC(=O)CC/C=C\C/C=C\CCCCCCCC)OC(=O)CCCCCCC/C=C\CCCCCCCCCCC. The Balaban J connectivity index is 4.41. The number of allylic oxidation sites excluding steroid dienone is 12. The van der Waals surface area contributed by atoms with E-state index in [0.29, 0.717) is 19.3 Å². The van der Waals surface area contributed by atoms with Gasteiger partial charge in [0.05, 0.1) is 0 Å². The number of esters is 3. The molecule has 0 aliphatic heterocycles. The molecule has 0 rings (SSSR count). The van der Waals surface area contributed by atoms with E-state index < -0.39 is 6.10 Å². The molecule has 392 valence electrons. The molecule has 6 nitrogen and oxygen atoms in total. The van der Waals surface area contributed by atoms with Gasteiger partial charge in [0.15, 0.2) is 6.10 Å². The molecule has 0 bridgehead atoms. The topological polar surface area (TPSA) is 78.9 Å². The predicted molar refractivity (Wildman–Crippen MR) is 293 cm³/mol. The standard InChI is InChI=1S/C62H108O6/c1-4-7-10-13-16-19-22-25-27-29-31-33-34-37-40-43-46-49-52-55-61(64)67-58-59(57-66-60(63)54-51-48-45-42-39-36-24-21-18-15-12-9-6-3)68-62(65)56-53-50-47-44-41-38-35-32-30-28-26-23-20-17-14-11-8-5-2/h7,10,16,19,25,27,32,35-36,39,45,48,59H,4-6,8-9,11-15,17-18,20-24,26,28-31,33-34,37-38,40-44,46-47,49-58H2,1-3H3/b10-7-,19-16-,27-25-,35-32-,39-36-,48-45-. The molecular formula is C62H108O6. The summed E-state index contributed by atoms with van der Waals surface area (Å²) in [5, 5.41) is 0. The molecule has 1 unspecified atom stereocenters. The average molecular weight is 950 g/mol. The van der Waals surface area contributed by atoms with E-state index in [1.54, 1.807) is 0 Å². The monoisotopic (exact) mass is 949 g/mol. The van der Waals surface area contributed by atoms with Gasteiger partial charge in [0.25, 0.3) is 0 Å². The van der Waals surface area contributed by atoms with Gasteiger partial charge in [-0.3, -0.25) is 14.4 Å². The molecule has 0 aliphatic rings. The minimum Gasteiger partial charge on any atom is -0.462 e. The molecule has 0 aromatic rings. The second-order valence-electron chi connectivity index (χ2n) is 19.2. The molecular weight excluding hydrogens is 841 g/mol. The van der Waals surface area contributed by atoms with Crippen LogP contribution in [0.2, 0.25) is 0 Å². The number of hydrogen-bond acceptors (Lipinski definition) is 6. The molecule has 0 saturated heterocycles. The molecule has 1 atom stereocenters. The third kappa shape index (κ3) is 53.8. The number of carbonyl (C=O) groups is 3. The van der Waals surface area contributed by atoms with Crippen LogP contribution in [0.5, 0.6) is 0 Å². The van der Waals surface area contributed by atoms with E-state index in [4.69, 9.17) is 14.2 Å². The van der Waals surface area contributed by atoms with Crippen molar-refractivity contribution in [3.05, 3.63) is 72.9 Å². The highest BCUT2D eigenvalue weighted by molar-refractivity contribution is 5.71. The summed E-state index contributed by atoms with van der Waals surface area (Å²) >= 11 is 0. The van der Waals surface area contributed by atoms with Crippen LogP contribution in [0.1, 0.15) is 284 Å². The van der Waals surface area contributed by atoms with Crippen LogP contribution in [0.3, 0.4) is 0 Å². The number of hydrogen-bond donors (Lipinski definition) is 0. The first-order valence-corrected chi connectivity index (χ1v) is 28.9. The second kappa shape index (κ2) is 56.4. The van der Waals surface area contributed by atoms with E-state index in [-0.39, 0.29) is 37.5 Å². The summed E-state index contributed by atoms with van der Waals surface area (Å²) in [6, 6.07) is 0. The van der Waals surface area contributed by atoms with Crippen molar-refractivity contribution in [2.75, 3.05) is 13.2 Å². The Morgan fingerprint density at radius 3 is 1.00 bits per heavy atom. The van der Waals surface area contributed by atoms with Crippen LogP contribution in [0.15, 0.2) is 72.9 Å². The largest absolute Gasteiger partial charge is 0.462 e. The molecule has 0 amide bonds. The highest BCUT2D eigenvalue weighted by Gasteiger charge is 2.19. The molecule has 0 N–H and O–H groups in total. The van der Waals surface area contributed by atoms with Gasteiger partial charge in [-0.05, 0) is 96.3 Å². The van der Waals surface area contributed by atoms with Crippen LogP contribution in [-0.4, -0.2) is 37.2 Å². The maximum absolute atomic E-state index is 12.9. The van der Waals surface area contributed by atoms with Crippen molar-refractivity contribution < 1.29 is 28.6 Å². The molecule has 68 heavy (non-hydrogen) atoms. The van der Waals surface area contributed by atoms with Gasteiger partial charge in [-0.2, -0.15) is 0 Å². The van der Waals surface area contributed by atoms with Crippen LogP contribution < -0.4 is 0 Å². The van der Waals surface area contributed by atoms with E-state index in [0.717, 1.165) is 83.5 Å². The highest BCUT2D eigenvalue weighted by Crippen LogP contribution is 2.15. The summed E-state index contributed by atoms with van der Waals surface area (Å²) in [6.07, 6.45) is 71.9. The van der Waals surface area contributed by atoms with Crippen LogP contribution in [0.25, 0.3) is 0 Å². The van der Waals surface area contributed by atoms with Crippen LogP contribution in [0.4, 0.5) is 0 Å². The van der Waals surface area contributed by atoms with Crippen LogP contribution >= 0.6 is 0 Å². The molecule has 0 aromatic carbocycles. The third-order valence-corrected chi connectivity index (χ3v) is 12.4. The lowest BCUT2D eigenvalue weighted by Crippen LogP contribution is -2.30. The molecule has 0 spiro atoms. The molecule has 0 radical (unpaired) electrons. The van der Waals surface area contributed by atoms with E-state index in [2.05, 4.69) is 87.6 Å². The molecule has 0 aromatic heterocycles. The Morgan fingerprint density at radius 1 is 0.309 bits per heavy atom. The highest BCUT2D eigenvalue weighted by atomic mass is 16.6. The number of carbonyl (C=O) groups excluding carboxylic acids is 3. The van der Waals surface area contributed by atoms with Gasteiger partial charge in [-0.1, -0.05) is 241 Å². The summed E-state index contributed by atoms with van der Waals surface area (Å²) in [5.41, 5.74) is 0. The van der Waals surface area contributed by atoms with E-state index in [9.17, 15) is 14.4 Å². The lowest BCUT2D eigenvalue weighted by Gasteiger charge is -2.18. The van der Waals surface area contributed by atoms with Gasteiger partial charge < -0.3 is 14.2 Å². The van der Waals surface area contributed by atoms with E-state index in [1.165, 1.54) is 154 Å². The van der Waals surface area contributed by atoms with Gasteiger partial charge in [0.2, 0.25) is 0 Å². The van der Waals surface area contributed by atoms with Gasteiger partial charge in [0, 0.05) is 19.3 Å². The van der Waals surface area contributed by atoms with Crippen LogP contribution in [0, 0.1) is 0 Å². The van der Waals surface area contributed by atoms with Crippen molar-refractivity contribution in [2.24, 2.45) is 0 Å². The Bertz CT molecular complexity index is 1270. The first-order chi connectivity index (χ1) is 33.5. The second-order valence-corrected chi connectivity index (χ2v) is 19.2. The number of unbranched alkanes of at least 4 members (excludes halogenated alkanes) is 29. The van der Waals surface area contributed by atoms with Gasteiger partial charge in [0.1, 0.15) is 13.2 Å². The summed E-state index contributed by atoms with van der Waals surface area (Å²) in [7, 11) is 0. The number of rotatable bonds is 52. The molecule has 0 heterocycles. The van der Waals surface area contributed by atoms with E-state index in [1.807, 2.05) is 6.08 Å². The summed E-state index contributed by atoms with van der Waals surface area (Å²) in [4.78, 5) is 38.1. The zero-order chi connectivity index (χ0) is 49.3. The first kappa shape index (κ1) is 64.8. The smallest absolute Gasteiger partial charge is 0.306 e. The predicted octanol–water partition coefficient (Wildman–Crippen LogP) is 19.4. The van der Waals surface area contributed by atoms with Crippen molar-refractivity contribution in [3.8, 4) is 0 Å². The fourth-order valence-corrected chi connectivity index (χ4v) is 8.09. The fourth-order valence-electron chi connectivity index (χ4n) is 8.09.